The van der Waals surface area contributed by atoms with Gasteiger partial charge in [0.15, 0.2) is 0 Å². The normalized spacial score (nSPS) is 12.3. The molecule has 1 atom stereocenters. The number of rotatable bonds is 4. The van der Waals surface area contributed by atoms with Crippen LogP contribution < -0.4 is 5.32 Å². The summed E-state index contributed by atoms with van der Waals surface area (Å²) < 4.78 is 0. The van der Waals surface area contributed by atoms with E-state index < -0.39 is 0 Å². The molecule has 3 heteroatoms. The van der Waals surface area contributed by atoms with E-state index in [1.807, 2.05) is 30.3 Å². The SMILES string of the molecule is C[C@H](NCc1ccc(O)cc1)c1ccccn1. The average molecular weight is 228 g/mol. The minimum absolute atomic E-state index is 0.213. The zero-order chi connectivity index (χ0) is 12.1. The number of hydrogen-bond acceptors (Lipinski definition) is 3. The highest BCUT2D eigenvalue weighted by atomic mass is 16.3. The van der Waals surface area contributed by atoms with Crippen LogP contribution in [-0.4, -0.2) is 10.1 Å². The monoisotopic (exact) mass is 228 g/mol. The van der Waals surface area contributed by atoms with E-state index in [4.69, 9.17) is 0 Å². The maximum atomic E-state index is 9.18. The molecule has 2 N–H and O–H groups in total. The van der Waals surface area contributed by atoms with Gasteiger partial charge in [0.05, 0.1) is 5.69 Å². The quantitative estimate of drug-likeness (QED) is 0.845. The van der Waals surface area contributed by atoms with E-state index in [1.54, 1.807) is 18.3 Å². The summed E-state index contributed by atoms with van der Waals surface area (Å²) in [7, 11) is 0. The van der Waals surface area contributed by atoms with Gasteiger partial charge < -0.3 is 10.4 Å². The lowest BCUT2D eigenvalue weighted by atomic mass is 10.1. The molecule has 0 aliphatic heterocycles. The Morgan fingerprint density at radius 2 is 1.94 bits per heavy atom. The smallest absolute Gasteiger partial charge is 0.115 e. The molecule has 0 unspecified atom stereocenters. The molecular formula is C14H16N2O. The van der Waals surface area contributed by atoms with Crippen molar-refractivity contribution in [2.45, 2.75) is 19.5 Å². The molecule has 0 saturated carbocycles. The summed E-state index contributed by atoms with van der Waals surface area (Å²) in [6, 6.07) is 13.3. The summed E-state index contributed by atoms with van der Waals surface area (Å²) in [5, 5.41) is 12.6. The molecule has 0 amide bonds. The summed E-state index contributed by atoms with van der Waals surface area (Å²) in [5.74, 6) is 0.298. The van der Waals surface area contributed by atoms with Crippen LogP contribution in [0.4, 0.5) is 0 Å². The highest BCUT2D eigenvalue weighted by molar-refractivity contribution is 5.25. The predicted octanol–water partition coefficient (Wildman–Crippen LogP) is 2.64. The van der Waals surface area contributed by atoms with Crippen molar-refractivity contribution in [3.63, 3.8) is 0 Å². The fourth-order valence-electron chi connectivity index (χ4n) is 1.62. The number of aromatic hydroxyl groups is 1. The minimum Gasteiger partial charge on any atom is -0.508 e. The van der Waals surface area contributed by atoms with Gasteiger partial charge in [-0.05, 0) is 36.8 Å². The fourth-order valence-corrected chi connectivity index (χ4v) is 1.62. The van der Waals surface area contributed by atoms with Crippen LogP contribution in [0.1, 0.15) is 24.2 Å². The second kappa shape index (κ2) is 5.46. The molecule has 3 nitrogen and oxygen atoms in total. The first kappa shape index (κ1) is 11.6. The second-order valence-electron chi connectivity index (χ2n) is 4.02. The maximum absolute atomic E-state index is 9.18. The standard InChI is InChI=1S/C14H16N2O/c1-11(14-4-2-3-9-15-14)16-10-12-5-7-13(17)8-6-12/h2-9,11,16-17H,10H2,1H3/t11-/m0/s1. The largest absolute Gasteiger partial charge is 0.508 e. The number of nitrogens with one attached hydrogen (secondary N) is 1. The van der Waals surface area contributed by atoms with Crippen molar-refractivity contribution in [2.75, 3.05) is 0 Å². The lowest BCUT2D eigenvalue weighted by Crippen LogP contribution is -2.18. The van der Waals surface area contributed by atoms with Crippen molar-refractivity contribution < 1.29 is 5.11 Å². The molecule has 2 rings (SSSR count). The van der Waals surface area contributed by atoms with Crippen LogP contribution in [0.5, 0.6) is 5.75 Å². The van der Waals surface area contributed by atoms with Gasteiger partial charge in [0, 0.05) is 18.8 Å². The number of hydrogen-bond donors (Lipinski definition) is 2. The molecule has 0 bridgehead atoms. The Labute approximate surface area is 101 Å². The Bertz CT molecular complexity index is 453. The number of phenols is 1. The average Bonchev–Trinajstić information content (AvgIpc) is 2.39. The number of pyridine rings is 1. The maximum Gasteiger partial charge on any atom is 0.115 e. The molecule has 0 aliphatic carbocycles. The van der Waals surface area contributed by atoms with Gasteiger partial charge in [0.25, 0.3) is 0 Å². The van der Waals surface area contributed by atoms with Crippen molar-refractivity contribution in [3.8, 4) is 5.75 Å². The van der Waals surface area contributed by atoms with Crippen LogP contribution in [0.2, 0.25) is 0 Å². The van der Waals surface area contributed by atoms with E-state index >= 15 is 0 Å². The molecule has 2 aromatic rings. The van der Waals surface area contributed by atoms with Gasteiger partial charge in [-0.2, -0.15) is 0 Å². The Morgan fingerprint density at radius 1 is 1.18 bits per heavy atom. The van der Waals surface area contributed by atoms with E-state index in [9.17, 15) is 5.11 Å². The van der Waals surface area contributed by atoms with Crippen LogP contribution in [0.3, 0.4) is 0 Å². The third-order valence-corrected chi connectivity index (χ3v) is 2.68. The number of phenolic OH excluding ortho intramolecular Hbond substituents is 1. The predicted molar refractivity (Wildman–Crippen MR) is 67.6 cm³/mol. The number of benzene rings is 1. The summed E-state index contributed by atoms with van der Waals surface area (Å²) in [4.78, 5) is 4.30. The molecule has 1 aromatic heterocycles. The highest BCUT2D eigenvalue weighted by Crippen LogP contribution is 2.12. The summed E-state index contributed by atoms with van der Waals surface area (Å²) in [6.07, 6.45) is 1.80. The van der Waals surface area contributed by atoms with Gasteiger partial charge >= 0.3 is 0 Å². The summed E-state index contributed by atoms with van der Waals surface area (Å²) in [5.41, 5.74) is 2.18. The van der Waals surface area contributed by atoms with Crippen LogP contribution in [-0.2, 0) is 6.54 Å². The lowest BCUT2D eigenvalue weighted by Gasteiger charge is -2.13. The van der Waals surface area contributed by atoms with Gasteiger partial charge in [-0.1, -0.05) is 18.2 Å². The minimum atomic E-state index is 0.213. The second-order valence-corrected chi connectivity index (χ2v) is 4.02. The first-order valence-corrected chi connectivity index (χ1v) is 5.68. The van der Waals surface area contributed by atoms with Gasteiger partial charge in [-0.3, -0.25) is 4.98 Å². The van der Waals surface area contributed by atoms with Crippen molar-refractivity contribution in [1.82, 2.24) is 10.3 Å². The zero-order valence-corrected chi connectivity index (χ0v) is 9.80. The molecule has 0 saturated heterocycles. The summed E-state index contributed by atoms with van der Waals surface area (Å²) >= 11 is 0. The van der Waals surface area contributed by atoms with Gasteiger partial charge in [0.1, 0.15) is 5.75 Å². The van der Waals surface area contributed by atoms with Crippen molar-refractivity contribution in [1.29, 1.82) is 0 Å². The highest BCUT2D eigenvalue weighted by Gasteiger charge is 2.04. The molecule has 0 aliphatic rings. The fraction of sp³-hybridized carbons (Fsp3) is 0.214. The zero-order valence-electron chi connectivity index (χ0n) is 9.80. The third kappa shape index (κ3) is 3.29. The Balaban J connectivity index is 1.92. The first-order valence-electron chi connectivity index (χ1n) is 5.68. The Kier molecular flexibility index (Phi) is 3.73. The molecule has 0 radical (unpaired) electrons. The number of aromatic nitrogens is 1. The molecule has 1 aromatic carbocycles. The molecule has 1 heterocycles. The lowest BCUT2D eigenvalue weighted by molar-refractivity contribution is 0.474. The molecular weight excluding hydrogens is 212 g/mol. The first-order chi connectivity index (χ1) is 8.25. The van der Waals surface area contributed by atoms with Crippen LogP contribution in [0.15, 0.2) is 48.7 Å². The molecule has 88 valence electrons. The van der Waals surface area contributed by atoms with E-state index in [0.717, 1.165) is 17.8 Å². The summed E-state index contributed by atoms with van der Waals surface area (Å²) in [6.45, 7) is 2.85. The van der Waals surface area contributed by atoms with Crippen molar-refractivity contribution in [3.05, 3.63) is 59.9 Å². The van der Waals surface area contributed by atoms with Crippen LogP contribution in [0, 0.1) is 0 Å². The Morgan fingerprint density at radius 3 is 2.59 bits per heavy atom. The topological polar surface area (TPSA) is 45.1 Å². The van der Waals surface area contributed by atoms with E-state index in [1.165, 1.54) is 0 Å². The molecule has 0 fully saturated rings. The van der Waals surface area contributed by atoms with E-state index in [0.29, 0.717) is 5.75 Å². The van der Waals surface area contributed by atoms with Gasteiger partial charge in [0.2, 0.25) is 0 Å². The van der Waals surface area contributed by atoms with E-state index in [2.05, 4.69) is 17.2 Å². The third-order valence-electron chi connectivity index (χ3n) is 2.68. The van der Waals surface area contributed by atoms with Gasteiger partial charge in [-0.25, -0.2) is 0 Å². The van der Waals surface area contributed by atoms with E-state index in [-0.39, 0.29) is 6.04 Å². The van der Waals surface area contributed by atoms with Crippen molar-refractivity contribution in [2.24, 2.45) is 0 Å². The van der Waals surface area contributed by atoms with Crippen LogP contribution in [0.25, 0.3) is 0 Å². The molecule has 17 heavy (non-hydrogen) atoms. The Hall–Kier alpha value is -1.87. The van der Waals surface area contributed by atoms with Gasteiger partial charge in [-0.15, -0.1) is 0 Å². The number of nitrogens with zero attached hydrogens (tertiary/aromatic N) is 1. The van der Waals surface area contributed by atoms with Crippen molar-refractivity contribution >= 4 is 0 Å². The molecule has 0 spiro atoms. The van der Waals surface area contributed by atoms with Crippen LogP contribution >= 0.6 is 0 Å².